The van der Waals surface area contributed by atoms with E-state index in [-0.39, 0.29) is 11.8 Å². The zero-order chi connectivity index (χ0) is 18.6. The van der Waals surface area contributed by atoms with Crippen molar-refractivity contribution in [2.45, 2.75) is 38.6 Å². The number of amides is 1. The van der Waals surface area contributed by atoms with Crippen LogP contribution in [0.4, 0.5) is 0 Å². The summed E-state index contributed by atoms with van der Waals surface area (Å²) in [6.45, 7) is 4.05. The Morgan fingerprint density at radius 1 is 1.26 bits per heavy atom. The van der Waals surface area contributed by atoms with Gasteiger partial charge in [0.25, 0.3) is 5.91 Å². The van der Waals surface area contributed by atoms with Gasteiger partial charge in [-0.15, -0.1) is 0 Å². The van der Waals surface area contributed by atoms with Gasteiger partial charge in [-0.1, -0.05) is 18.1 Å². The van der Waals surface area contributed by atoms with E-state index in [1.807, 2.05) is 42.4 Å². The molecule has 27 heavy (non-hydrogen) atoms. The number of rotatable bonds is 5. The van der Waals surface area contributed by atoms with Gasteiger partial charge in [0.05, 0.1) is 17.9 Å². The predicted molar refractivity (Wildman–Crippen MR) is 99.3 cm³/mol. The molecule has 3 aromatic heterocycles. The van der Waals surface area contributed by atoms with Crippen LogP contribution < -0.4 is 0 Å². The van der Waals surface area contributed by atoms with Crippen molar-refractivity contribution in [1.29, 1.82) is 0 Å². The molecule has 0 aromatic carbocycles. The van der Waals surface area contributed by atoms with Gasteiger partial charge in [-0.05, 0) is 31.4 Å². The lowest BCUT2D eigenvalue weighted by Crippen LogP contribution is -2.39. The molecule has 7 heteroatoms. The molecule has 0 spiro atoms. The van der Waals surface area contributed by atoms with Crippen molar-refractivity contribution in [2.75, 3.05) is 13.1 Å². The Hall–Kier alpha value is -2.96. The fraction of sp³-hybridized carbons (Fsp3) is 0.400. The van der Waals surface area contributed by atoms with Crippen molar-refractivity contribution in [3.05, 3.63) is 65.8 Å². The maximum atomic E-state index is 12.8. The SMILES string of the molecule is CCc1cc(C(=O)N2CCC[C@H](c3nccn3Cc3ccccn3)C2)on1. The van der Waals surface area contributed by atoms with Gasteiger partial charge in [-0.25, -0.2) is 4.98 Å². The molecule has 0 aliphatic carbocycles. The van der Waals surface area contributed by atoms with E-state index in [0.29, 0.717) is 18.8 Å². The Labute approximate surface area is 158 Å². The van der Waals surface area contributed by atoms with Crippen LogP contribution in [0.15, 0.2) is 47.4 Å². The van der Waals surface area contributed by atoms with Gasteiger partial charge in [-0.2, -0.15) is 0 Å². The molecule has 7 nitrogen and oxygen atoms in total. The topological polar surface area (TPSA) is 77.0 Å². The minimum atomic E-state index is -0.0882. The molecule has 140 valence electrons. The van der Waals surface area contributed by atoms with Crippen molar-refractivity contribution in [1.82, 2.24) is 24.6 Å². The van der Waals surface area contributed by atoms with Crippen molar-refractivity contribution >= 4 is 5.91 Å². The first-order chi connectivity index (χ1) is 13.2. The highest BCUT2D eigenvalue weighted by Crippen LogP contribution is 2.27. The van der Waals surface area contributed by atoms with Crippen LogP contribution in [-0.4, -0.2) is 43.6 Å². The maximum absolute atomic E-state index is 12.8. The number of piperidine rings is 1. The number of nitrogens with zero attached hydrogens (tertiary/aromatic N) is 5. The summed E-state index contributed by atoms with van der Waals surface area (Å²) in [6, 6.07) is 7.65. The van der Waals surface area contributed by atoms with E-state index in [4.69, 9.17) is 4.52 Å². The molecule has 1 amide bonds. The molecular formula is C20H23N5O2. The molecule has 1 aliphatic rings. The summed E-state index contributed by atoms with van der Waals surface area (Å²) in [6.07, 6.45) is 8.32. The van der Waals surface area contributed by atoms with Crippen LogP contribution in [0.1, 0.15) is 53.5 Å². The largest absolute Gasteiger partial charge is 0.351 e. The van der Waals surface area contributed by atoms with E-state index < -0.39 is 0 Å². The first-order valence-electron chi connectivity index (χ1n) is 9.40. The van der Waals surface area contributed by atoms with E-state index in [0.717, 1.165) is 43.0 Å². The Balaban J connectivity index is 1.49. The Bertz CT molecular complexity index is 902. The second kappa shape index (κ2) is 7.73. The average molecular weight is 365 g/mol. The molecular weight excluding hydrogens is 342 g/mol. The Morgan fingerprint density at radius 3 is 2.96 bits per heavy atom. The van der Waals surface area contributed by atoms with E-state index in [1.165, 1.54) is 0 Å². The van der Waals surface area contributed by atoms with Gasteiger partial charge in [0.2, 0.25) is 5.76 Å². The first kappa shape index (κ1) is 17.5. The molecule has 1 fully saturated rings. The lowest BCUT2D eigenvalue weighted by molar-refractivity contribution is 0.0661. The van der Waals surface area contributed by atoms with Crippen LogP contribution in [0.5, 0.6) is 0 Å². The number of likely N-dealkylation sites (tertiary alicyclic amines) is 1. The third kappa shape index (κ3) is 3.77. The summed E-state index contributed by atoms with van der Waals surface area (Å²) < 4.78 is 7.36. The Kier molecular flexibility index (Phi) is 5.00. The predicted octanol–water partition coefficient (Wildman–Crippen LogP) is 2.90. The highest BCUT2D eigenvalue weighted by Gasteiger charge is 2.29. The maximum Gasteiger partial charge on any atom is 0.292 e. The van der Waals surface area contributed by atoms with Gasteiger partial charge in [0.15, 0.2) is 0 Å². The zero-order valence-electron chi connectivity index (χ0n) is 15.4. The van der Waals surface area contributed by atoms with Crippen LogP contribution in [0, 0.1) is 0 Å². The fourth-order valence-electron chi connectivity index (χ4n) is 3.59. The van der Waals surface area contributed by atoms with Gasteiger partial charge in [0.1, 0.15) is 5.82 Å². The number of carbonyl (C=O) groups is 1. The minimum Gasteiger partial charge on any atom is -0.351 e. The number of hydrogen-bond acceptors (Lipinski definition) is 5. The zero-order valence-corrected chi connectivity index (χ0v) is 15.4. The van der Waals surface area contributed by atoms with Crippen molar-refractivity contribution < 1.29 is 9.32 Å². The molecule has 1 atom stereocenters. The number of imidazole rings is 1. The highest BCUT2D eigenvalue weighted by atomic mass is 16.5. The molecule has 4 rings (SSSR count). The summed E-state index contributed by atoms with van der Waals surface area (Å²) in [7, 11) is 0. The lowest BCUT2D eigenvalue weighted by Gasteiger charge is -2.32. The summed E-state index contributed by atoms with van der Waals surface area (Å²) in [5.74, 6) is 1.44. The lowest BCUT2D eigenvalue weighted by atomic mass is 9.96. The summed E-state index contributed by atoms with van der Waals surface area (Å²) in [4.78, 5) is 23.6. The minimum absolute atomic E-state index is 0.0882. The third-order valence-electron chi connectivity index (χ3n) is 5.01. The summed E-state index contributed by atoms with van der Waals surface area (Å²) in [5.41, 5.74) is 1.80. The number of aryl methyl sites for hydroxylation is 1. The van der Waals surface area contributed by atoms with Crippen molar-refractivity contribution in [3.8, 4) is 0 Å². The van der Waals surface area contributed by atoms with E-state index >= 15 is 0 Å². The molecule has 1 saturated heterocycles. The first-order valence-corrected chi connectivity index (χ1v) is 9.40. The molecule has 1 aliphatic heterocycles. The van der Waals surface area contributed by atoms with Crippen LogP contribution >= 0.6 is 0 Å². The number of carbonyl (C=O) groups excluding carboxylic acids is 1. The summed E-state index contributed by atoms with van der Waals surface area (Å²) in [5, 5.41) is 3.93. The molecule has 0 unspecified atom stereocenters. The van der Waals surface area contributed by atoms with E-state index in [2.05, 4.69) is 19.7 Å². The molecule has 3 aromatic rings. The van der Waals surface area contributed by atoms with Crippen LogP contribution in [0.3, 0.4) is 0 Å². The van der Waals surface area contributed by atoms with E-state index in [9.17, 15) is 4.79 Å². The summed E-state index contributed by atoms with van der Waals surface area (Å²) >= 11 is 0. The smallest absolute Gasteiger partial charge is 0.292 e. The quantitative estimate of drug-likeness (QED) is 0.695. The second-order valence-corrected chi connectivity index (χ2v) is 6.86. The standard InChI is InChI=1S/C20H23N5O2/c1-2-16-12-18(27-23-16)20(26)25-10-5-6-15(13-25)19-22-9-11-24(19)14-17-7-3-4-8-21-17/h3-4,7-9,11-12,15H,2,5-6,10,13-14H2,1H3/t15-/m0/s1. The van der Waals surface area contributed by atoms with E-state index in [1.54, 1.807) is 12.3 Å². The van der Waals surface area contributed by atoms with Gasteiger partial charge >= 0.3 is 0 Å². The molecule has 0 bridgehead atoms. The monoisotopic (exact) mass is 365 g/mol. The normalized spacial score (nSPS) is 17.2. The average Bonchev–Trinajstić information content (AvgIpc) is 3.38. The highest BCUT2D eigenvalue weighted by molar-refractivity contribution is 5.91. The van der Waals surface area contributed by atoms with Gasteiger partial charge in [0, 0.05) is 43.7 Å². The number of pyridine rings is 1. The third-order valence-corrected chi connectivity index (χ3v) is 5.01. The molecule has 0 saturated carbocycles. The van der Waals surface area contributed by atoms with Gasteiger partial charge in [-0.3, -0.25) is 9.78 Å². The van der Waals surface area contributed by atoms with Crippen molar-refractivity contribution in [2.24, 2.45) is 0 Å². The van der Waals surface area contributed by atoms with Crippen LogP contribution in [0.2, 0.25) is 0 Å². The van der Waals surface area contributed by atoms with Gasteiger partial charge < -0.3 is 14.0 Å². The van der Waals surface area contributed by atoms with Crippen LogP contribution in [-0.2, 0) is 13.0 Å². The Morgan fingerprint density at radius 2 is 2.19 bits per heavy atom. The molecule has 0 radical (unpaired) electrons. The van der Waals surface area contributed by atoms with Crippen LogP contribution in [0.25, 0.3) is 0 Å². The molecule has 4 heterocycles. The fourth-order valence-corrected chi connectivity index (χ4v) is 3.59. The van der Waals surface area contributed by atoms with Crippen molar-refractivity contribution in [3.63, 3.8) is 0 Å². The number of aromatic nitrogens is 4. The second-order valence-electron chi connectivity index (χ2n) is 6.86. The number of hydrogen-bond donors (Lipinski definition) is 0. The molecule has 0 N–H and O–H groups in total.